The van der Waals surface area contributed by atoms with Gasteiger partial charge in [-0.25, -0.2) is 0 Å². The number of carbonyl (C=O) groups excluding carboxylic acids is 1. The first-order valence-corrected chi connectivity index (χ1v) is 15.6. The average Bonchev–Trinajstić information content (AvgIpc) is 3.24. The number of hydrogen-bond acceptors (Lipinski definition) is 6. The fraction of sp³-hybridized carbons (Fsp3) is 0.968. The first-order chi connectivity index (χ1) is 17.7. The number of nitrogens with two attached hydrogens (primary N) is 1. The molecule has 5 N–H and O–H groups in total. The molecule has 0 radical (unpaired) electrons. The van der Waals surface area contributed by atoms with E-state index in [1.165, 1.54) is 52.1 Å². The smallest absolute Gasteiger partial charge is 0.305 e. The zero-order valence-corrected chi connectivity index (χ0v) is 24.3. The van der Waals surface area contributed by atoms with Gasteiger partial charge in [0.05, 0.1) is 13.2 Å². The van der Waals surface area contributed by atoms with Crippen LogP contribution in [0.4, 0.5) is 0 Å². The van der Waals surface area contributed by atoms with Crippen molar-refractivity contribution in [1.82, 2.24) is 10.6 Å². The van der Waals surface area contributed by atoms with Gasteiger partial charge in [0.15, 0.2) is 0 Å². The molecule has 4 aliphatic rings. The van der Waals surface area contributed by atoms with E-state index in [9.17, 15) is 9.90 Å². The zero-order valence-electron chi connectivity index (χ0n) is 24.3. The third-order valence-corrected chi connectivity index (χ3v) is 12.0. The molecule has 10 atom stereocenters. The minimum atomic E-state index is -0.151. The molecule has 0 aromatic heterocycles. The number of rotatable bonds is 12. The minimum Gasteiger partial charge on any atom is -0.469 e. The largest absolute Gasteiger partial charge is 0.469 e. The summed E-state index contributed by atoms with van der Waals surface area (Å²) in [5.41, 5.74) is 6.25. The Balaban J connectivity index is 1.34. The molecule has 0 aliphatic heterocycles. The SMILES string of the molecule is COC(=O)CC[C@@H](C)[C@H]1CCC2C3C(CC[C@@]21C)[C@@]1(C)CC[C@H](NCCCNCCCN)CC1C[C@@H]3O. The van der Waals surface area contributed by atoms with Gasteiger partial charge in [-0.2, -0.15) is 0 Å². The predicted octanol–water partition coefficient (Wildman–Crippen LogP) is 4.49. The van der Waals surface area contributed by atoms with Crippen LogP contribution in [0.5, 0.6) is 0 Å². The van der Waals surface area contributed by atoms with Gasteiger partial charge in [0.2, 0.25) is 0 Å². The molecule has 0 aromatic carbocycles. The van der Waals surface area contributed by atoms with E-state index in [4.69, 9.17) is 10.5 Å². The van der Waals surface area contributed by atoms with Crippen molar-refractivity contribution in [2.24, 2.45) is 52.1 Å². The number of aliphatic hydroxyl groups is 1. The van der Waals surface area contributed by atoms with E-state index < -0.39 is 0 Å². The Morgan fingerprint density at radius 3 is 2.51 bits per heavy atom. The summed E-state index contributed by atoms with van der Waals surface area (Å²) < 4.78 is 4.91. The Kier molecular flexibility index (Phi) is 10.0. The molecule has 4 fully saturated rings. The van der Waals surface area contributed by atoms with Gasteiger partial charge in [-0.15, -0.1) is 0 Å². The molecule has 4 rings (SSSR count). The number of nitrogens with one attached hydrogen (secondary N) is 2. The topological polar surface area (TPSA) is 96.6 Å². The molecule has 0 amide bonds. The van der Waals surface area contributed by atoms with E-state index in [-0.39, 0.29) is 12.1 Å². The van der Waals surface area contributed by atoms with E-state index in [0.29, 0.717) is 58.8 Å². The highest BCUT2D eigenvalue weighted by Crippen LogP contribution is 2.68. The molecule has 4 saturated carbocycles. The van der Waals surface area contributed by atoms with Crippen LogP contribution in [-0.2, 0) is 9.53 Å². The molecule has 0 saturated heterocycles. The van der Waals surface area contributed by atoms with Crippen molar-refractivity contribution in [3.63, 3.8) is 0 Å². The quantitative estimate of drug-likeness (QED) is 0.224. The van der Waals surface area contributed by atoms with Crippen molar-refractivity contribution in [3.8, 4) is 0 Å². The second kappa shape index (κ2) is 12.7. The van der Waals surface area contributed by atoms with Crippen molar-refractivity contribution in [1.29, 1.82) is 0 Å². The standard InChI is InChI=1S/C31H57N3O3/c1-21(7-10-28(36)37-4)24-8-9-25-29-26(12-14-31(24,25)3)30(2)13-11-23(19-22(30)20-27(29)35)34-18-6-17-33-16-5-15-32/h21-27,29,33-35H,5-20,32H2,1-4H3/t21-,22?,23+,24-,25?,26?,27+,29?,30+,31-/m1/s1. The number of fused-ring (bicyclic) bond motifs is 5. The van der Waals surface area contributed by atoms with Gasteiger partial charge < -0.3 is 26.2 Å². The maximum absolute atomic E-state index is 11.8. The van der Waals surface area contributed by atoms with Gasteiger partial charge in [0, 0.05) is 12.5 Å². The number of aliphatic hydroxyl groups excluding tert-OH is 1. The fourth-order valence-corrected chi connectivity index (χ4v) is 9.90. The summed E-state index contributed by atoms with van der Waals surface area (Å²) in [5, 5.41) is 19.0. The van der Waals surface area contributed by atoms with E-state index in [2.05, 4.69) is 31.4 Å². The van der Waals surface area contributed by atoms with E-state index >= 15 is 0 Å². The molecular formula is C31H57N3O3. The van der Waals surface area contributed by atoms with Crippen LogP contribution < -0.4 is 16.4 Å². The Labute approximate surface area is 226 Å². The van der Waals surface area contributed by atoms with Gasteiger partial charge in [-0.05, 0) is 143 Å². The first-order valence-electron chi connectivity index (χ1n) is 15.6. The molecule has 4 unspecified atom stereocenters. The highest BCUT2D eigenvalue weighted by Gasteiger charge is 2.62. The summed E-state index contributed by atoms with van der Waals surface area (Å²) in [6.45, 7) is 11.4. The van der Waals surface area contributed by atoms with Crippen molar-refractivity contribution in [2.75, 3.05) is 33.3 Å². The Bertz CT molecular complexity index is 749. The highest BCUT2D eigenvalue weighted by molar-refractivity contribution is 5.69. The molecule has 6 heteroatoms. The third-order valence-electron chi connectivity index (χ3n) is 12.0. The Hall–Kier alpha value is -0.690. The van der Waals surface area contributed by atoms with Gasteiger partial charge in [0.25, 0.3) is 0 Å². The lowest BCUT2D eigenvalue weighted by molar-refractivity contribution is -0.167. The summed E-state index contributed by atoms with van der Waals surface area (Å²) >= 11 is 0. The number of methoxy groups -OCH3 is 1. The summed E-state index contributed by atoms with van der Waals surface area (Å²) in [6.07, 6.45) is 13.4. The lowest BCUT2D eigenvalue weighted by Crippen LogP contribution is -2.59. The van der Waals surface area contributed by atoms with Gasteiger partial charge in [-0.1, -0.05) is 20.8 Å². The molecule has 214 valence electrons. The van der Waals surface area contributed by atoms with E-state index in [0.717, 1.165) is 51.9 Å². The number of carbonyl (C=O) groups is 1. The molecule has 37 heavy (non-hydrogen) atoms. The van der Waals surface area contributed by atoms with Gasteiger partial charge in [-0.3, -0.25) is 4.79 Å². The van der Waals surface area contributed by atoms with Crippen LogP contribution in [0.25, 0.3) is 0 Å². The van der Waals surface area contributed by atoms with Crippen LogP contribution in [0.15, 0.2) is 0 Å². The Morgan fingerprint density at radius 1 is 1.03 bits per heavy atom. The van der Waals surface area contributed by atoms with Gasteiger partial charge in [0.1, 0.15) is 0 Å². The van der Waals surface area contributed by atoms with E-state index in [1.807, 2.05) is 0 Å². The number of hydrogen-bond donors (Lipinski definition) is 4. The minimum absolute atomic E-state index is 0.0822. The molecule has 6 nitrogen and oxygen atoms in total. The van der Waals surface area contributed by atoms with Gasteiger partial charge >= 0.3 is 5.97 Å². The monoisotopic (exact) mass is 519 g/mol. The first kappa shape index (κ1) is 29.3. The average molecular weight is 520 g/mol. The summed E-state index contributed by atoms with van der Waals surface area (Å²) in [7, 11) is 1.49. The molecule has 0 spiro atoms. The van der Waals surface area contributed by atoms with Crippen LogP contribution in [0, 0.1) is 46.3 Å². The normalized spacial score (nSPS) is 41.9. The van der Waals surface area contributed by atoms with Crippen LogP contribution in [0.3, 0.4) is 0 Å². The summed E-state index contributed by atoms with van der Waals surface area (Å²) in [4.78, 5) is 11.8. The molecule has 0 heterocycles. The zero-order chi connectivity index (χ0) is 26.6. The summed E-state index contributed by atoms with van der Waals surface area (Å²) in [6, 6.07) is 0.603. The lowest BCUT2D eigenvalue weighted by atomic mass is 9.43. The van der Waals surface area contributed by atoms with E-state index in [1.54, 1.807) is 0 Å². The van der Waals surface area contributed by atoms with Crippen LogP contribution >= 0.6 is 0 Å². The van der Waals surface area contributed by atoms with Crippen molar-refractivity contribution in [2.45, 2.75) is 110 Å². The molecule has 0 aromatic rings. The van der Waals surface area contributed by atoms with Crippen LogP contribution in [0.1, 0.15) is 97.8 Å². The van der Waals surface area contributed by atoms with Crippen molar-refractivity contribution < 1.29 is 14.6 Å². The predicted molar refractivity (Wildman–Crippen MR) is 150 cm³/mol. The highest BCUT2D eigenvalue weighted by atomic mass is 16.5. The number of esters is 1. The lowest BCUT2D eigenvalue weighted by Gasteiger charge is -2.62. The molecule has 4 aliphatic carbocycles. The second-order valence-corrected chi connectivity index (χ2v) is 13.8. The van der Waals surface area contributed by atoms with Crippen molar-refractivity contribution >= 4 is 5.97 Å². The second-order valence-electron chi connectivity index (χ2n) is 13.8. The maximum Gasteiger partial charge on any atom is 0.305 e. The molecular weight excluding hydrogens is 462 g/mol. The third kappa shape index (κ3) is 6.07. The maximum atomic E-state index is 11.8. The number of ether oxygens (including phenoxy) is 1. The van der Waals surface area contributed by atoms with Crippen LogP contribution in [-0.4, -0.2) is 56.5 Å². The summed E-state index contributed by atoms with van der Waals surface area (Å²) in [5.74, 6) is 3.50. The Morgan fingerprint density at radius 2 is 1.76 bits per heavy atom. The van der Waals surface area contributed by atoms with Crippen molar-refractivity contribution in [3.05, 3.63) is 0 Å². The van der Waals surface area contributed by atoms with Crippen LogP contribution in [0.2, 0.25) is 0 Å². The fourth-order valence-electron chi connectivity index (χ4n) is 9.90. The molecule has 0 bridgehead atoms.